The van der Waals surface area contributed by atoms with E-state index in [9.17, 15) is 4.79 Å². The van der Waals surface area contributed by atoms with Gasteiger partial charge in [-0.15, -0.1) is 0 Å². The highest BCUT2D eigenvalue weighted by Gasteiger charge is 2.21. The maximum Gasteiger partial charge on any atom is 0.254 e. The van der Waals surface area contributed by atoms with Gasteiger partial charge in [-0.3, -0.25) is 4.79 Å². The molecule has 1 aliphatic heterocycles. The number of rotatable bonds is 3. The van der Waals surface area contributed by atoms with Crippen molar-refractivity contribution in [2.24, 2.45) is 0 Å². The molecule has 1 amide bonds. The van der Waals surface area contributed by atoms with E-state index in [2.05, 4.69) is 17.4 Å². The molecule has 104 valence electrons. The fourth-order valence-corrected chi connectivity index (χ4v) is 2.55. The molecule has 0 bridgehead atoms. The summed E-state index contributed by atoms with van der Waals surface area (Å²) in [5.74, 6) is 0.510. The Balaban J connectivity index is 1.68. The van der Waals surface area contributed by atoms with Crippen LogP contribution in [-0.4, -0.2) is 19.1 Å². The summed E-state index contributed by atoms with van der Waals surface area (Å²) in [6.45, 7) is 2.95. The highest BCUT2D eigenvalue weighted by Crippen LogP contribution is 2.26. The SMILES string of the molecule is Cc1occc1C(=O)NCC1OCCc2ccccc21. The van der Waals surface area contributed by atoms with Crippen LogP contribution in [0.25, 0.3) is 0 Å². The number of nitrogens with one attached hydrogen (secondary N) is 1. The summed E-state index contributed by atoms with van der Waals surface area (Å²) in [6, 6.07) is 9.90. The Morgan fingerprint density at radius 1 is 1.35 bits per heavy atom. The van der Waals surface area contributed by atoms with E-state index in [4.69, 9.17) is 9.15 Å². The van der Waals surface area contributed by atoms with Crippen LogP contribution in [0.5, 0.6) is 0 Å². The molecule has 4 heteroatoms. The van der Waals surface area contributed by atoms with Crippen LogP contribution in [0.15, 0.2) is 41.0 Å². The van der Waals surface area contributed by atoms with Crippen molar-refractivity contribution in [1.29, 1.82) is 0 Å². The van der Waals surface area contributed by atoms with Crippen molar-refractivity contribution >= 4 is 5.91 Å². The minimum Gasteiger partial charge on any atom is -0.469 e. The summed E-state index contributed by atoms with van der Waals surface area (Å²) in [5.41, 5.74) is 3.05. The van der Waals surface area contributed by atoms with E-state index >= 15 is 0 Å². The monoisotopic (exact) mass is 271 g/mol. The molecule has 0 radical (unpaired) electrons. The fourth-order valence-electron chi connectivity index (χ4n) is 2.55. The van der Waals surface area contributed by atoms with Gasteiger partial charge >= 0.3 is 0 Å². The Hall–Kier alpha value is -2.07. The molecule has 0 spiro atoms. The number of fused-ring (bicyclic) bond motifs is 1. The second kappa shape index (κ2) is 5.51. The Labute approximate surface area is 117 Å². The van der Waals surface area contributed by atoms with Crippen molar-refractivity contribution in [3.05, 3.63) is 59.0 Å². The molecule has 0 saturated carbocycles. The number of carbonyl (C=O) groups excluding carboxylic acids is 1. The second-order valence-electron chi connectivity index (χ2n) is 4.91. The summed E-state index contributed by atoms with van der Waals surface area (Å²) in [4.78, 5) is 12.1. The third-order valence-electron chi connectivity index (χ3n) is 3.64. The Morgan fingerprint density at radius 2 is 2.20 bits per heavy atom. The molecule has 0 fully saturated rings. The lowest BCUT2D eigenvalue weighted by atomic mass is 9.97. The van der Waals surface area contributed by atoms with Gasteiger partial charge in [-0.2, -0.15) is 0 Å². The zero-order valence-corrected chi connectivity index (χ0v) is 11.4. The average Bonchev–Trinajstić information content (AvgIpc) is 2.91. The van der Waals surface area contributed by atoms with Crippen LogP contribution < -0.4 is 5.32 Å². The van der Waals surface area contributed by atoms with Crippen LogP contribution in [0.1, 0.15) is 33.3 Å². The first-order valence-corrected chi connectivity index (χ1v) is 6.77. The summed E-state index contributed by atoms with van der Waals surface area (Å²) in [6.07, 6.45) is 2.38. The lowest BCUT2D eigenvalue weighted by Crippen LogP contribution is -2.31. The maximum absolute atomic E-state index is 12.1. The van der Waals surface area contributed by atoms with Crippen LogP contribution in [0.4, 0.5) is 0 Å². The minimum absolute atomic E-state index is 0.0730. The van der Waals surface area contributed by atoms with Crippen molar-refractivity contribution in [3.63, 3.8) is 0 Å². The second-order valence-corrected chi connectivity index (χ2v) is 4.91. The van der Waals surface area contributed by atoms with Gasteiger partial charge in [-0.25, -0.2) is 0 Å². The van der Waals surface area contributed by atoms with Crippen LogP contribution in [0, 0.1) is 6.92 Å². The topological polar surface area (TPSA) is 51.5 Å². The number of furan rings is 1. The molecule has 0 aliphatic carbocycles. The molecule has 1 N–H and O–H groups in total. The minimum atomic E-state index is -0.122. The van der Waals surface area contributed by atoms with Crippen molar-refractivity contribution in [2.75, 3.05) is 13.2 Å². The van der Waals surface area contributed by atoms with Crippen LogP contribution in [-0.2, 0) is 11.2 Å². The molecule has 1 aromatic heterocycles. The van der Waals surface area contributed by atoms with Crippen molar-refractivity contribution in [1.82, 2.24) is 5.32 Å². The Morgan fingerprint density at radius 3 is 3.00 bits per heavy atom. The zero-order chi connectivity index (χ0) is 13.9. The zero-order valence-electron chi connectivity index (χ0n) is 11.4. The van der Waals surface area contributed by atoms with E-state index in [1.54, 1.807) is 13.0 Å². The molecule has 20 heavy (non-hydrogen) atoms. The van der Waals surface area contributed by atoms with Gasteiger partial charge in [0.15, 0.2) is 0 Å². The van der Waals surface area contributed by atoms with Gasteiger partial charge in [0.2, 0.25) is 0 Å². The predicted octanol–water partition coefficient (Wildman–Crippen LogP) is 2.63. The first kappa shape index (κ1) is 12.9. The smallest absolute Gasteiger partial charge is 0.254 e. The maximum atomic E-state index is 12.1. The van der Waals surface area contributed by atoms with Gasteiger partial charge in [-0.1, -0.05) is 24.3 Å². The molecule has 2 heterocycles. The fraction of sp³-hybridized carbons (Fsp3) is 0.312. The Kier molecular flexibility index (Phi) is 3.56. The van der Waals surface area contributed by atoms with E-state index in [1.807, 2.05) is 12.1 Å². The molecule has 0 saturated heterocycles. The molecule has 1 atom stereocenters. The number of amides is 1. The quantitative estimate of drug-likeness (QED) is 0.933. The van der Waals surface area contributed by atoms with E-state index < -0.39 is 0 Å². The number of benzene rings is 1. The van der Waals surface area contributed by atoms with E-state index in [0.29, 0.717) is 24.5 Å². The first-order valence-electron chi connectivity index (χ1n) is 6.77. The molecular weight excluding hydrogens is 254 g/mol. The molecule has 4 nitrogen and oxygen atoms in total. The molecule has 1 aliphatic rings. The number of hydrogen-bond acceptors (Lipinski definition) is 3. The lowest BCUT2D eigenvalue weighted by Gasteiger charge is -2.26. The summed E-state index contributed by atoms with van der Waals surface area (Å²) >= 11 is 0. The third kappa shape index (κ3) is 2.47. The van der Waals surface area contributed by atoms with Crippen molar-refractivity contribution in [3.8, 4) is 0 Å². The highest BCUT2D eigenvalue weighted by molar-refractivity contribution is 5.95. The average molecular weight is 271 g/mol. The Bertz CT molecular complexity index is 618. The molecule has 1 unspecified atom stereocenters. The van der Waals surface area contributed by atoms with E-state index in [0.717, 1.165) is 6.42 Å². The van der Waals surface area contributed by atoms with Crippen molar-refractivity contribution in [2.45, 2.75) is 19.4 Å². The van der Waals surface area contributed by atoms with Crippen LogP contribution in [0.2, 0.25) is 0 Å². The highest BCUT2D eigenvalue weighted by atomic mass is 16.5. The number of carbonyl (C=O) groups is 1. The number of aryl methyl sites for hydroxylation is 1. The van der Waals surface area contributed by atoms with E-state index in [1.165, 1.54) is 17.4 Å². The summed E-state index contributed by atoms with van der Waals surface area (Å²) < 4.78 is 10.9. The van der Waals surface area contributed by atoms with Gasteiger partial charge in [0.25, 0.3) is 5.91 Å². The first-order chi connectivity index (χ1) is 9.75. The van der Waals surface area contributed by atoms with Gasteiger partial charge in [0.05, 0.1) is 18.4 Å². The lowest BCUT2D eigenvalue weighted by molar-refractivity contribution is 0.0411. The van der Waals surface area contributed by atoms with Crippen LogP contribution >= 0.6 is 0 Å². The number of hydrogen-bond donors (Lipinski definition) is 1. The molecule has 3 rings (SSSR count). The molecule has 2 aromatic rings. The van der Waals surface area contributed by atoms with E-state index in [-0.39, 0.29) is 12.0 Å². The van der Waals surface area contributed by atoms with Gasteiger partial charge < -0.3 is 14.5 Å². The van der Waals surface area contributed by atoms with Gasteiger partial charge in [0, 0.05) is 6.54 Å². The van der Waals surface area contributed by atoms with Gasteiger partial charge in [-0.05, 0) is 30.5 Å². The normalized spacial score (nSPS) is 17.6. The van der Waals surface area contributed by atoms with Crippen molar-refractivity contribution < 1.29 is 13.9 Å². The standard InChI is InChI=1S/C16H17NO3/c1-11-13(7-9-19-11)16(18)17-10-15-14-5-3-2-4-12(14)6-8-20-15/h2-5,7,9,15H,6,8,10H2,1H3,(H,17,18). The summed E-state index contributed by atoms with van der Waals surface area (Å²) in [7, 11) is 0. The number of ether oxygens (including phenoxy) is 1. The third-order valence-corrected chi connectivity index (χ3v) is 3.64. The van der Waals surface area contributed by atoms with Crippen LogP contribution in [0.3, 0.4) is 0 Å². The molecule has 1 aromatic carbocycles. The largest absolute Gasteiger partial charge is 0.469 e. The van der Waals surface area contributed by atoms with Gasteiger partial charge in [0.1, 0.15) is 11.9 Å². The predicted molar refractivity (Wildman–Crippen MR) is 74.6 cm³/mol. The summed E-state index contributed by atoms with van der Waals surface area (Å²) in [5, 5.41) is 2.91. The molecular formula is C16H17NO3.